The largest absolute Gasteiger partial charge is 0.481 e. The van der Waals surface area contributed by atoms with Crippen molar-refractivity contribution in [1.29, 1.82) is 0 Å². The average Bonchev–Trinajstić information content (AvgIpc) is 2.63. The van der Waals surface area contributed by atoms with E-state index in [1.54, 1.807) is 4.90 Å². The lowest BCUT2D eigenvalue weighted by atomic mass is 9.97. The third-order valence-corrected chi connectivity index (χ3v) is 4.96. The van der Waals surface area contributed by atoms with Crippen molar-refractivity contribution in [2.75, 3.05) is 23.3 Å². The van der Waals surface area contributed by atoms with Crippen LogP contribution in [-0.2, 0) is 4.79 Å². The van der Waals surface area contributed by atoms with Gasteiger partial charge in [-0.3, -0.25) is 14.9 Å². The lowest BCUT2D eigenvalue weighted by Crippen LogP contribution is -2.37. The third kappa shape index (κ3) is 4.00. The predicted molar refractivity (Wildman–Crippen MR) is 104 cm³/mol. The van der Waals surface area contributed by atoms with Gasteiger partial charge in [-0.15, -0.1) is 0 Å². The molecule has 1 fully saturated rings. The molecule has 1 aromatic carbocycles. The van der Waals surface area contributed by atoms with Gasteiger partial charge in [0.1, 0.15) is 6.33 Å². The van der Waals surface area contributed by atoms with E-state index >= 15 is 0 Å². The fraction of sp³-hybridized carbons (Fsp3) is 0.312. The second-order valence-corrected chi connectivity index (χ2v) is 7.13. The maximum atomic E-state index is 11.7. The van der Waals surface area contributed by atoms with E-state index in [0.29, 0.717) is 31.6 Å². The Morgan fingerprint density at radius 3 is 2.50 bits per heavy atom. The fourth-order valence-corrected chi connectivity index (χ4v) is 3.23. The number of aliphatic carboxylic acids is 1. The summed E-state index contributed by atoms with van der Waals surface area (Å²) in [5.74, 6) is -0.928. The highest BCUT2D eigenvalue weighted by atomic mass is 127. The van der Waals surface area contributed by atoms with Crippen LogP contribution >= 0.6 is 22.6 Å². The highest BCUT2D eigenvalue weighted by Gasteiger charge is 2.31. The Hall–Kier alpha value is -2.50. The second-order valence-electron chi connectivity index (χ2n) is 5.88. The van der Waals surface area contributed by atoms with Gasteiger partial charge in [-0.1, -0.05) is 0 Å². The van der Waals surface area contributed by atoms with Crippen LogP contribution in [0.15, 0.2) is 30.6 Å². The smallest absolute Gasteiger partial charge is 0.353 e. The molecule has 0 atom stereocenters. The first-order chi connectivity index (χ1) is 12.5. The Labute approximate surface area is 162 Å². The zero-order chi connectivity index (χ0) is 18.7. The van der Waals surface area contributed by atoms with Gasteiger partial charge in [-0.25, -0.2) is 9.97 Å². The zero-order valence-electron chi connectivity index (χ0n) is 13.6. The van der Waals surface area contributed by atoms with Crippen LogP contribution < -0.4 is 10.2 Å². The molecule has 0 saturated carbocycles. The predicted octanol–water partition coefficient (Wildman–Crippen LogP) is 3.03. The van der Waals surface area contributed by atoms with E-state index in [4.69, 9.17) is 5.11 Å². The molecule has 2 aromatic rings. The normalized spacial score (nSPS) is 14.9. The number of hydrogen-bond acceptors (Lipinski definition) is 7. The number of benzene rings is 1. The van der Waals surface area contributed by atoms with Gasteiger partial charge in [0.15, 0.2) is 0 Å². The summed E-state index contributed by atoms with van der Waals surface area (Å²) in [5.41, 5.74) is 0.475. The van der Waals surface area contributed by atoms with Crippen LogP contribution in [0.25, 0.3) is 0 Å². The summed E-state index contributed by atoms with van der Waals surface area (Å²) in [4.78, 5) is 32.1. The Morgan fingerprint density at radius 2 is 1.92 bits per heavy atom. The Morgan fingerprint density at radius 1 is 1.27 bits per heavy atom. The van der Waals surface area contributed by atoms with E-state index < -0.39 is 16.8 Å². The molecule has 0 bridgehead atoms. The molecule has 136 valence electrons. The monoisotopic (exact) mass is 469 g/mol. The number of aromatic nitrogens is 2. The molecule has 1 aliphatic heterocycles. The molecule has 1 aliphatic rings. The Kier molecular flexibility index (Phi) is 5.49. The van der Waals surface area contributed by atoms with Crippen LogP contribution in [0, 0.1) is 19.6 Å². The zero-order valence-corrected chi connectivity index (χ0v) is 15.8. The van der Waals surface area contributed by atoms with Crippen molar-refractivity contribution in [3.63, 3.8) is 0 Å². The molecule has 0 aliphatic carbocycles. The van der Waals surface area contributed by atoms with E-state index in [0.717, 1.165) is 3.57 Å². The number of rotatable bonds is 5. The molecule has 3 rings (SSSR count). The molecule has 0 spiro atoms. The number of nitro groups is 1. The molecule has 0 amide bonds. The summed E-state index contributed by atoms with van der Waals surface area (Å²) >= 11 is 2.18. The summed E-state index contributed by atoms with van der Waals surface area (Å²) in [6.07, 6.45) is 2.13. The van der Waals surface area contributed by atoms with Crippen molar-refractivity contribution in [2.24, 2.45) is 5.92 Å². The highest BCUT2D eigenvalue weighted by Crippen LogP contribution is 2.35. The Bertz CT molecular complexity index is 822. The molecule has 2 heterocycles. The molecule has 2 N–H and O–H groups in total. The molecule has 9 nitrogen and oxygen atoms in total. The number of nitrogens with zero attached hydrogens (tertiary/aromatic N) is 4. The molecule has 1 saturated heterocycles. The van der Waals surface area contributed by atoms with Crippen molar-refractivity contribution in [3.05, 3.63) is 44.3 Å². The number of carboxylic acids is 1. The van der Waals surface area contributed by atoms with Crippen molar-refractivity contribution < 1.29 is 14.8 Å². The molecular formula is C16H16IN5O4. The summed E-state index contributed by atoms with van der Waals surface area (Å²) in [7, 11) is 0. The number of hydrogen-bond donors (Lipinski definition) is 2. The van der Waals surface area contributed by atoms with Gasteiger partial charge in [0.25, 0.3) is 0 Å². The van der Waals surface area contributed by atoms with Crippen molar-refractivity contribution >= 4 is 51.6 Å². The minimum Gasteiger partial charge on any atom is -0.481 e. The van der Waals surface area contributed by atoms with Gasteiger partial charge >= 0.3 is 11.7 Å². The lowest BCUT2D eigenvalue weighted by Gasteiger charge is -2.30. The topological polar surface area (TPSA) is 121 Å². The van der Waals surface area contributed by atoms with Gasteiger partial charge in [0.2, 0.25) is 11.6 Å². The van der Waals surface area contributed by atoms with Crippen LogP contribution in [0.1, 0.15) is 12.8 Å². The highest BCUT2D eigenvalue weighted by molar-refractivity contribution is 14.1. The number of anilines is 3. The lowest BCUT2D eigenvalue weighted by molar-refractivity contribution is -0.383. The first kappa shape index (κ1) is 18.3. The summed E-state index contributed by atoms with van der Waals surface area (Å²) < 4.78 is 1.05. The molecule has 1 aromatic heterocycles. The van der Waals surface area contributed by atoms with Gasteiger partial charge < -0.3 is 15.3 Å². The van der Waals surface area contributed by atoms with Gasteiger partial charge in [0.05, 0.1) is 10.8 Å². The fourth-order valence-electron chi connectivity index (χ4n) is 2.87. The molecule has 10 heteroatoms. The van der Waals surface area contributed by atoms with E-state index in [1.807, 2.05) is 24.3 Å². The van der Waals surface area contributed by atoms with Crippen LogP contribution in [0.5, 0.6) is 0 Å². The first-order valence-electron chi connectivity index (χ1n) is 7.95. The van der Waals surface area contributed by atoms with E-state index in [2.05, 4.69) is 37.9 Å². The average molecular weight is 469 g/mol. The van der Waals surface area contributed by atoms with Crippen LogP contribution in [-0.4, -0.2) is 39.1 Å². The second kappa shape index (κ2) is 7.81. The summed E-state index contributed by atoms with van der Waals surface area (Å²) in [6, 6.07) is 7.39. The number of nitrogens with one attached hydrogen (secondary N) is 1. The SMILES string of the molecule is O=C(O)C1CCN(c2ncnc(Nc3ccc(I)cc3)c2[N+](=O)[O-])CC1. The van der Waals surface area contributed by atoms with Crippen molar-refractivity contribution in [1.82, 2.24) is 9.97 Å². The van der Waals surface area contributed by atoms with Gasteiger partial charge in [0, 0.05) is 22.3 Å². The van der Waals surface area contributed by atoms with Crippen molar-refractivity contribution in [2.45, 2.75) is 12.8 Å². The minimum absolute atomic E-state index is 0.113. The molecular weight excluding hydrogens is 453 g/mol. The number of carboxylic acid groups (broad SMARTS) is 1. The number of carbonyl (C=O) groups is 1. The van der Waals surface area contributed by atoms with Gasteiger partial charge in [-0.2, -0.15) is 0 Å². The first-order valence-corrected chi connectivity index (χ1v) is 9.03. The van der Waals surface area contributed by atoms with E-state index in [1.165, 1.54) is 6.33 Å². The molecule has 0 radical (unpaired) electrons. The minimum atomic E-state index is -0.831. The van der Waals surface area contributed by atoms with Crippen LogP contribution in [0.4, 0.5) is 23.0 Å². The number of halogens is 1. The maximum absolute atomic E-state index is 11.7. The Balaban J connectivity index is 1.88. The van der Waals surface area contributed by atoms with E-state index in [-0.39, 0.29) is 17.3 Å². The number of piperidine rings is 1. The van der Waals surface area contributed by atoms with E-state index in [9.17, 15) is 14.9 Å². The van der Waals surface area contributed by atoms with Crippen molar-refractivity contribution in [3.8, 4) is 0 Å². The van der Waals surface area contributed by atoms with Crippen LogP contribution in [0.2, 0.25) is 0 Å². The third-order valence-electron chi connectivity index (χ3n) is 4.24. The van der Waals surface area contributed by atoms with Gasteiger partial charge in [-0.05, 0) is 59.7 Å². The molecule has 26 heavy (non-hydrogen) atoms. The molecule has 0 unspecified atom stereocenters. The maximum Gasteiger partial charge on any atom is 0.353 e. The standard InChI is InChI=1S/C16H16IN5O4/c17-11-1-3-12(4-2-11)20-14-13(22(25)26)15(19-9-18-14)21-7-5-10(6-8-21)16(23)24/h1-4,9-10H,5-8H2,(H,23,24)(H,18,19,20). The van der Waals surface area contributed by atoms with Crippen LogP contribution in [0.3, 0.4) is 0 Å². The summed E-state index contributed by atoms with van der Waals surface area (Å²) in [5, 5.41) is 23.7. The summed E-state index contributed by atoms with van der Waals surface area (Å²) in [6.45, 7) is 0.801. The quantitative estimate of drug-likeness (QED) is 0.390.